The van der Waals surface area contributed by atoms with Gasteiger partial charge in [-0.25, -0.2) is 0 Å². The van der Waals surface area contributed by atoms with Gasteiger partial charge in [-0.1, -0.05) is 58.3 Å². The van der Waals surface area contributed by atoms with Crippen LogP contribution < -0.4 is 0 Å². The van der Waals surface area contributed by atoms with E-state index >= 15 is 0 Å². The van der Waals surface area contributed by atoms with Crippen LogP contribution in [0.3, 0.4) is 0 Å². The average molecular weight is 157 g/mol. The maximum Gasteiger partial charge on any atom is 0.0556 e. The molecule has 0 aromatic heterocycles. The van der Waals surface area contributed by atoms with Crippen LogP contribution in [0.2, 0.25) is 23.7 Å². The molecule has 0 fully saturated rings. The molecule has 0 bridgehead atoms. The summed E-state index contributed by atoms with van der Waals surface area (Å²) in [7, 11) is -0.989. The second-order valence-corrected chi connectivity index (χ2v) is 9.89. The molecule has 0 N–H and O–H groups in total. The van der Waals surface area contributed by atoms with Gasteiger partial charge in [-0.05, 0) is 0 Å². The van der Waals surface area contributed by atoms with Gasteiger partial charge in [0, 0.05) is 0 Å². The van der Waals surface area contributed by atoms with Gasteiger partial charge >= 0.3 is 0 Å². The first kappa shape index (κ1) is 10.2. The van der Waals surface area contributed by atoms with Crippen LogP contribution in [-0.2, 0) is 0 Å². The minimum absolute atomic E-state index is 0.880. The molecule has 0 rings (SSSR count). The van der Waals surface area contributed by atoms with E-state index in [9.17, 15) is 0 Å². The van der Waals surface area contributed by atoms with Crippen molar-refractivity contribution >= 4 is 8.07 Å². The molecular formula is C9H21Si. The highest BCUT2D eigenvalue weighted by atomic mass is 28.3. The van der Waals surface area contributed by atoms with Gasteiger partial charge in [0.1, 0.15) is 0 Å². The van der Waals surface area contributed by atoms with Crippen molar-refractivity contribution in [1.29, 1.82) is 0 Å². The Hall–Kier alpha value is 0.217. The van der Waals surface area contributed by atoms with E-state index in [4.69, 9.17) is 0 Å². The van der Waals surface area contributed by atoms with Gasteiger partial charge in [0.25, 0.3) is 0 Å². The SMILES string of the molecule is [CH2]C[Si](C)(C(C)C)C(C)C. The van der Waals surface area contributed by atoms with Crippen molar-refractivity contribution in [2.24, 2.45) is 0 Å². The van der Waals surface area contributed by atoms with Gasteiger partial charge in [0.15, 0.2) is 0 Å². The predicted octanol–water partition coefficient (Wildman–Crippen LogP) is 3.72. The van der Waals surface area contributed by atoms with Gasteiger partial charge in [-0.3, -0.25) is 0 Å². The molecule has 0 aliphatic carbocycles. The van der Waals surface area contributed by atoms with E-state index in [2.05, 4.69) is 41.2 Å². The molecule has 0 saturated carbocycles. The largest absolute Gasteiger partial charge is 0.0688 e. The van der Waals surface area contributed by atoms with Crippen molar-refractivity contribution in [3.8, 4) is 0 Å². The fourth-order valence-corrected chi connectivity index (χ4v) is 3.73. The molecule has 1 heteroatoms. The highest BCUT2D eigenvalue weighted by Gasteiger charge is 2.31. The molecular weight excluding hydrogens is 136 g/mol. The third-order valence-electron chi connectivity index (χ3n) is 3.18. The lowest BCUT2D eigenvalue weighted by Crippen LogP contribution is -2.36. The molecule has 0 saturated heterocycles. The highest BCUT2D eigenvalue weighted by molar-refractivity contribution is 6.81. The molecule has 0 nitrogen and oxygen atoms in total. The third-order valence-corrected chi connectivity index (χ3v) is 9.53. The highest BCUT2D eigenvalue weighted by Crippen LogP contribution is 2.34. The van der Waals surface area contributed by atoms with E-state index < -0.39 is 8.07 Å². The van der Waals surface area contributed by atoms with Crippen LogP contribution in [0.4, 0.5) is 0 Å². The summed E-state index contributed by atoms with van der Waals surface area (Å²) in [5.41, 5.74) is 1.76. The van der Waals surface area contributed by atoms with Gasteiger partial charge < -0.3 is 0 Å². The quantitative estimate of drug-likeness (QED) is 0.548. The van der Waals surface area contributed by atoms with Crippen molar-refractivity contribution in [2.75, 3.05) is 0 Å². The molecule has 0 aromatic carbocycles. The molecule has 0 heterocycles. The topological polar surface area (TPSA) is 0 Å². The molecule has 0 aromatic rings. The van der Waals surface area contributed by atoms with Crippen LogP contribution in [0.1, 0.15) is 27.7 Å². The third kappa shape index (κ3) is 1.85. The zero-order chi connectivity index (χ0) is 8.36. The van der Waals surface area contributed by atoms with E-state index in [0.29, 0.717) is 0 Å². The lowest BCUT2D eigenvalue weighted by atomic mass is 10.5. The number of rotatable bonds is 3. The Morgan fingerprint density at radius 3 is 1.40 bits per heavy atom. The van der Waals surface area contributed by atoms with E-state index in [0.717, 1.165) is 11.1 Å². The summed E-state index contributed by atoms with van der Waals surface area (Å²) in [6.45, 7) is 15.9. The second kappa shape index (κ2) is 3.56. The van der Waals surface area contributed by atoms with Gasteiger partial charge in [0.2, 0.25) is 0 Å². The standard InChI is InChI=1S/C9H21Si/c1-7-10(6,8(2)3)9(4)5/h8-9H,1,7H2,2-6H3. The molecule has 0 unspecified atom stereocenters. The summed E-state index contributed by atoms with van der Waals surface area (Å²) >= 11 is 0. The van der Waals surface area contributed by atoms with Crippen molar-refractivity contribution in [1.82, 2.24) is 0 Å². The molecule has 0 aliphatic rings. The summed E-state index contributed by atoms with van der Waals surface area (Å²) in [5.74, 6) is 0. The summed E-state index contributed by atoms with van der Waals surface area (Å²) < 4.78 is 0. The van der Waals surface area contributed by atoms with E-state index in [1.54, 1.807) is 0 Å². The summed E-state index contributed by atoms with van der Waals surface area (Å²) in [5, 5.41) is 0. The van der Waals surface area contributed by atoms with Crippen molar-refractivity contribution in [3.05, 3.63) is 6.92 Å². The summed E-state index contributed by atoms with van der Waals surface area (Å²) in [4.78, 5) is 0. The Bertz CT molecular complexity index is 86.9. The minimum atomic E-state index is -0.989. The van der Waals surface area contributed by atoms with Crippen molar-refractivity contribution in [2.45, 2.75) is 51.4 Å². The Morgan fingerprint density at radius 1 is 1.10 bits per heavy atom. The normalized spacial score (nSPS) is 13.2. The Morgan fingerprint density at radius 2 is 1.40 bits per heavy atom. The Balaban J connectivity index is 4.23. The van der Waals surface area contributed by atoms with E-state index in [-0.39, 0.29) is 0 Å². The van der Waals surface area contributed by atoms with Crippen LogP contribution in [0.5, 0.6) is 0 Å². The molecule has 0 amide bonds. The zero-order valence-electron chi connectivity index (χ0n) is 8.07. The van der Waals surface area contributed by atoms with Crippen molar-refractivity contribution in [3.63, 3.8) is 0 Å². The minimum Gasteiger partial charge on any atom is -0.0688 e. The maximum atomic E-state index is 4.06. The maximum absolute atomic E-state index is 4.06. The number of hydrogen-bond donors (Lipinski definition) is 0. The second-order valence-electron chi connectivity index (χ2n) is 4.07. The molecule has 0 aliphatic heterocycles. The predicted molar refractivity (Wildman–Crippen MR) is 52.0 cm³/mol. The summed E-state index contributed by atoms with van der Waals surface area (Å²) in [6, 6.07) is 1.18. The molecule has 1 radical (unpaired) electrons. The molecule has 0 spiro atoms. The first-order valence-corrected chi connectivity index (χ1v) is 7.10. The van der Waals surface area contributed by atoms with Crippen molar-refractivity contribution < 1.29 is 0 Å². The molecule has 10 heavy (non-hydrogen) atoms. The molecule has 0 atom stereocenters. The van der Waals surface area contributed by atoms with Gasteiger partial charge in [-0.15, -0.1) is 0 Å². The van der Waals surface area contributed by atoms with Crippen LogP contribution in [-0.4, -0.2) is 8.07 Å². The fourth-order valence-electron chi connectivity index (χ4n) is 1.24. The lowest BCUT2D eigenvalue weighted by molar-refractivity contribution is 0.893. The first-order valence-electron chi connectivity index (χ1n) is 4.24. The van der Waals surface area contributed by atoms with Crippen LogP contribution >= 0.6 is 0 Å². The van der Waals surface area contributed by atoms with Gasteiger partial charge in [-0.2, -0.15) is 0 Å². The van der Waals surface area contributed by atoms with Gasteiger partial charge in [0.05, 0.1) is 8.07 Å². The van der Waals surface area contributed by atoms with E-state index in [1.807, 2.05) is 0 Å². The lowest BCUT2D eigenvalue weighted by Gasteiger charge is -2.34. The molecule has 61 valence electrons. The van der Waals surface area contributed by atoms with E-state index in [1.165, 1.54) is 6.04 Å². The first-order chi connectivity index (χ1) is 4.45. The Kier molecular flexibility index (Phi) is 3.64. The Labute approximate surface area is 67.0 Å². The smallest absolute Gasteiger partial charge is 0.0556 e. The summed E-state index contributed by atoms with van der Waals surface area (Å²) in [6.07, 6.45) is 0. The van der Waals surface area contributed by atoms with Crippen LogP contribution in [0.25, 0.3) is 0 Å². The zero-order valence-corrected chi connectivity index (χ0v) is 9.07. The van der Waals surface area contributed by atoms with Crippen LogP contribution in [0, 0.1) is 6.92 Å². The average Bonchev–Trinajstić information content (AvgIpc) is 1.85. The fraction of sp³-hybridized carbons (Fsp3) is 0.889. The van der Waals surface area contributed by atoms with Crippen LogP contribution in [0.15, 0.2) is 0 Å². The monoisotopic (exact) mass is 157 g/mol. The number of hydrogen-bond acceptors (Lipinski definition) is 0.